The average Bonchev–Trinajstić information content (AvgIpc) is 1.99. The van der Waals surface area contributed by atoms with Gasteiger partial charge in [0.1, 0.15) is 4.84 Å². The van der Waals surface area contributed by atoms with Crippen LogP contribution in [0.5, 0.6) is 0 Å². The third-order valence-corrected chi connectivity index (χ3v) is 4.59. The van der Waals surface area contributed by atoms with Gasteiger partial charge in [-0.15, -0.1) is 23.2 Å². The molecule has 15 heavy (non-hydrogen) atoms. The maximum atomic E-state index is 11.8. The summed E-state index contributed by atoms with van der Waals surface area (Å²) in [5, 5.41) is 0. The molecular weight excluding hydrogens is 255 g/mol. The summed E-state index contributed by atoms with van der Waals surface area (Å²) in [6.45, 7) is 3.67. The largest absolute Gasteiger partial charge is 0.224 e. The number of hydrogen-bond acceptors (Lipinski definition) is 2. The molecule has 0 atom stereocenters. The fraction of sp³-hybridized carbons (Fsp3) is 0.400. The molecule has 1 aromatic rings. The Morgan fingerprint density at radius 3 is 2.33 bits per heavy atom. The average molecular weight is 267 g/mol. The van der Waals surface area contributed by atoms with Crippen molar-refractivity contribution < 1.29 is 8.42 Å². The van der Waals surface area contributed by atoms with Crippen LogP contribution in [0.4, 0.5) is 0 Å². The number of alkyl halides is 2. The minimum absolute atomic E-state index is 0.250. The van der Waals surface area contributed by atoms with Gasteiger partial charge in [-0.2, -0.15) is 0 Å². The molecule has 0 aliphatic carbocycles. The maximum absolute atomic E-state index is 11.8. The van der Waals surface area contributed by atoms with Gasteiger partial charge >= 0.3 is 0 Å². The molecule has 0 bridgehead atoms. The number of halogens is 2. The number of sulfone groups is 1. The van der Waals surface area contributed by atoms with Gasteiger partial charge in [0, 0.05) is 0 Å². The molecule has 2 nitrogen and oxygen atoms in total. The Bertz CT molecular complexity index is 452. The fourth-order valence-electron chi connectivity index (χ4n) is 1.40. The van der Waals surface area contributed by atoms with E-state index in [1.54, 1.807) is 19.1 Å². The second-order valence-corrected chi connectivity index (χ2v) is 6.72. The van der Waals surface area contributed by atoms with Crippen LogP contribution >= 0.6 is 23.2 Å². The monoisotopic (exact) mass is 266 g/mol. The van der Waals surface area contributed by atoms with E-state index in [1.165, 1.54) is 0 Å². The molecule has 0 spiro atoms. The molecule has 1 aromatic carbocycles. The number of rotatable bonds is 3. The lowest BCUT2D eigenvalue weighted by Gasteiger charge is -2.08. The van der Waals surface area contributed by atoms with Crippen molar-refractivity contribution >= 4 is 33.0 Å². The van der Waals surface area contributed by atoms with Gasteiger partial charge in [-0.25, -0.2) is 8.42 Å². The van der Waals surface area contributed by atoms with Crippen molar-refractivity contribution in [1.82, 2.24) is 0 Å². The van der Waals surface area contributed by atoms with Crippen molar-refractivity contribution in [3.05, 3.63) is 29.3 Å². The first-order valence-corrected chi connectivity index (χ1v) is 6.93. The third-order valence-electron chi connectivity index (χ3n) is 2.01. The van der Waals surface area contributed by atoms with E-state index in [0.29, 0.717) is 4.90 Å². The van der Waals surface area contributed by atoms with E-state index in [0.717, 1.165) is 11.1 Å². The molecule has 0 unspecified atom stereocenters. The molecule has 0 saturated heterocycles. The molecule has 0 amide bonds. The van der Waals surface area contributed by atoms with Crippen LogP contribution < -0.4 is 0 Å². The summed E-state index contributed by atoms with van der Waals surface area (Å²) in [6.07, 6.45) is 0. The molecule has 84 valence electrons. The minimum Gasteiger partial charge on any atom is -0.224 e. The van der Waals surface area contributed by atoms with Crippen molar-refractivity contribution in [3.63, 3.8) is 0 Å². The van der Waals surface area contributed by atoms with Gasteiger partial charge < -0.3 is 0 Å². The third kappa shape index (κ3) is 3.37. The van der Waals surface area contributed by atoms with Gasteiger partial charge in [-0.1, -0.05) is 17.7 Å². The summed E-state index contributed by atoms with van der Waals surface area (Å²) in [7, 11) is -3.37. The van der Waals surface area contributed by atoms with Gasteiger partial charge in [0.25, 0.3) is 0 Å². The normalized spacial score (nSPS) is 12.1. The lowest BCUT2D eigenvalue weighted by atomic mass is 10.2. The number of aryl methyl sites for hydroxylation is 2. The molecule has 1 rings (SSSR count). The van der Waals surface area contributed by atoms with E-state index in [1.807, 2.05) is 13.0 Å². The molecule has 5 heteroatoms. The van der Waals surface area contributed by atoms with Crippen LogP contribution in [0.1, 0.15) is 11.1 Å². The lowest BCUT2D eigenvalue weighted by molar-refractivity contribution is 0.596. The van der Waals surface area contributed by atoms with Gasteiger partial charge in [-0.05, 0) is 25.5 Å². The fourth-order valence-corrected chi connectivity index (χ4v) is 3.74. The molecule has 0 radical (unpaired) electrons. The Labute approximate surface area is 100 Å². The SMILES string of the molecule is Cc1ccc(S(=O)(=O)CC(Cl)Cl)c(C)c1. The Balaban J connectivity index is 3.16. The minimum atomic E-state index is -3.37. The van der Waals surface area contributed by atoms with Crippen molar-refractivity contribution in [2.45, 2.75) is 23.6 Å². The summed E-state index contributed by atoms with van der Waals surface area (Å²) in [4.78, 5) is -0.588. The van der Waals surface area contributed by atoms with E-state index in [-0.39, 0.29) is 5.75 Å². The Kier molecular flexibility index (Phi) is 4.04. The lowest BCUT2D eigenvalue weighted by Crippen LogP contribution is -2.13. The second kappa shape index (κ2) is 4.73. The van der Waals surface area contributed by atoms with E-state index in [9.17, 15) is 8.42 Å². The molecular formula is C10H12Cl2O2S. The number of benzene rings is 1. The summed E-state index contributed by atoms with van der Waals surface area (Å²) in [5.74, 6) is -0.250. The Hall–Kier alpha value is -0.250. The zero-order valence-electron chi connectivity index (χ0n) is 8.50. The molecule has 0 aliphatic rings. The van der Waals surface area contributed by atoms with E-state index < -0.39 is 14.7 Å². The second-order valence-electron chi connectivity index (χ2n) is 3.44. The zero-order valence-corrected chi connectivity index (χ0v) is 10.8. The predicted molar refractivity (Wildman–Crippen MR) is 63.5 cm³/mol. The smallest absolute Gasteiger partial charge is 0.181 e. The highest BCUT2D eigenvalue weighted by molar-refractivity contribution is 7.91. The zero-order chi connectivity index (χ0) is 11.6. The molecule has 0 saturated carbocycles. The van der Waals surface area contributed by atoms with Crippen LogP contribution in [0, 0.1) is 13.8 Å². The van der Waals surface area contributed by atoms with Crippen molar-refractivity contribution in [2.24, 2.45) is 0 Å². The van der Waals surface area contributed by atoms with Crippen LogP contribution in [0.3, 0.4) is 0 Å². The number of hydrogen-bond donors (Lipinski definition) is 0. The standard InChI is InChI=1S/C10H12Cl2O2S/c1-7-3-4-9(8(2)5-7)15(13,14)6-10(11)12/h3-5,10H,6H2,1-2H3. The van der Waals surface area contributed by atoms with Gasteiger partial charge in [-0.3, -0.25) is 0 Å². The first-order chi connectivity index (χ1) is 6.83. The Morgan fingerprint density at radius 2 is 1.87 bits per heavy atom. The van der Waals surface area contributed by atoms with E-state index in [2.05, 4.69) is 0 Å². The highest BCUT2D eigenvalue weighted by Gasteiger charge is 2.20. The maximum Gasteiger partial charge on any atom is 0.181 e. The van der Waals surface area contributed by atoms with E-state index >= 15 is 0 Å². The molecule has 0 aliphatic heterocycles. The summed E-state index contributed by atoms with van der Waals surface area (Å²) >= 11 is 11.0. The van der Waals surface area contributed by atoms with Crippen molar-refractivity contribution in [3.8, 4) is 0 Å². The van der Waals surface area contributed by atoms with Crippen LogP contribution in [0.25, 0.3) is 0 Å². The van der Waals surface area contributed by atoms with Crippen LogP contribution in [0.15, 0.2) is 23.1 Å². The summed E-state index contributed by atoms with van der Waals surface area (Å²) in [5.41, 5.74) is 1.75. The van der Waals surface area contributed by atoms with Crippen molar-refractivity contribution in [1.29, 1.82) is 0 Å². The molecule has 0 aromatic heterocycles. The van der Waals surface area contributed by atoms with Crippen LogP contribution in [-0.4, -0.2) is 19.0 Å². The first-order valence-electron chi connectivity index (χ1n) is 4.41. The molecule has 0 fully saturated rings. The van der Waals surface area contributed by atoms with Crippen LogP contribution in [0.2, 0.25) is 0 Å². The van der Waals surface area contributed by atoms with Crippen LogP contribution in [-0.2, 0) is 9.84 Å². The quantitative estimate of drug-likeness (QED) is 0.789. The molecule has 0 N–H and O–H groups in total. The van der Waals surface area contributed by atoms with Crippen molar-refractivity contribution in [2.75, 3.05) is 5.75 Å². The van der Waals surface area contributed by atoms with E-state index in [4.69, 9.17) is 23.2 Å². The highest BCUT2D eigenvalue weighted by Crippen LogP contribution is 2.20. The highest BCUT2D eigenvalue weighted by atomic mass is 35.5. The summed E-state index contributed by atoms with van der Waals surface area (Å²) < 4.78 is 23.6. The Morgan fingerprint density at radius 1 is 1.27 bits per heavy atom. The first kappa shape index (κ1) is 12.8. The van der Waals surface area contributed by atoms with Gasteiger partial charge in [0.2, 0.25) is 0 Å². The molecule has 0 heterocycles. The summed E-state index contributed by atoms with van der Waals surface area (Å²) in [6, 6.07) is 5.18. The predicted octanol–water partition coefficient (Wildman–Crippen LogP) is 2.88. The topological polar surface area (TPSA) is 34.1 Å². The van der Waals surface area contributed by atoms with Gasteiger partial charge in [0.15, 0.2) is 9.84 Å². The van der Waals surface area contributed by atoms with Gasteiger partial charge in [0.05, 0.1) is 10.6 Å².